The van der Waals surface area contributed by atoms with Crippen molar-refractivity contribution in [3.8, 4) is 0 Å². The number of carbonyl (C=O) groups excluding carboxylic acids is 1. The van der Waals surface area contributed by atoms with Crippen LogP contribution in [0.25, 0.3) is 0 Å². The van der Waals surface area contributed by atoms with Gasteiger partial charge in [-0.05, 0) is 24.6 Å². The lowest BCUT2D eigenvalue weighted by Gasteiger charge is -2.33. The van der Waals surface area contributed by atoms with Gasteiger partial charge in [-0.3, -0.25) is 9.69 Å². The Balaban J connectivity index is 1.76. The summed E-state index contributed by atoms with van der Waals surface area (Å²) in [5, 5.41) is 6.97. The van der Waals surface area contributed by atoms with Crippen LogP contribution >= 0.6 is 11.6 Å². The van der Waals surface area contributed by atoms with Gasteiger partial charge in [0.2, 0.25) is 5.91 Å². The maximum Gasteiger partial charge on any atom is 0.234 e. The number of benzene rings is 1. The molecule has 4 nitrogen and oxygen atoms in total. The van der Waals surface area contributed by atoms with Crippen molar-refractivity contribution < 1.29 is 4.79 Å². The van der Waals surface area contributed by atoms with E-state index in [-0.39, 0.29) is 5.91 Å². The smallest absolute Gasteiger partial charge is 0.234 e. The molecule has 1 atom stereocenters. The van der Waals surface area contributed by atoms with Gasteiger partial charge in [-0.15, -0.1) is 0 Å². The maximum atomic E-state index is 11.9. The molecule has 0 bridgehead atoms. The van der Waals surface area contributed by atoms with Crippen LogP contribution in [0.3, 0.4) is 0 Å². The minimum absolute atomic E-state index is 0.0729. The molecule has 1 saturated heterocycles. The normalized spacial score (nSPS) is 20.2. The van der Waals surface area contributed by atoms with E-state index in [2.05, 4.69) is 22.5 Å². The number of rotatable bonds is 4. The van der Waals surface area contributed by atoms with Crippen molar-refractivity contribution >= 4 is 17.5 Å². The molecule has 104 valence electrons. The van der Waals surface area contributed by atoms with Crippen molar-refractivity contribution in [3.63, 3.8) is 0 Å². The first-order valence-electron chi connectivity index (χ1n) is 6.61. The molecule has 0 unspecified atom stereocenters. The minimum atomic E-state index is 0.0729. The largest absolute Gasteiger partial charge is 0.351 e. The van der Waals surface area contributed by atoms with Gasteiger partial charge in [-0.25, -0.2) is 0 Å². The zero-order chi connectivity index (χ0) is 13.7. The van der Waals surface area contributed by atoms with Gasteiger partial charge in [0.1, 0.15) is 0 Å². The number of nitrogens with one attached hydrogen (secondary N) is 2. The Labute approximate surface area is 119 Å². The number of amides is 1. The van der Waals surface area contributed by atoms with E-state index in [0.29, 0.717) is 24.2 Å². The zero-order valence-electron chi connectivity index (χ0n) is 11.2. The molecule has 2 N–H and O–H groups in total. The van der Waals surface area contributed by atoms with Crippen molar-refractivity contribution in [2.24, 2.45) is 0 Å². The van der Waals surface area contributed by atoms with E-state index in [4.69, 9.17) is 11.6 Å². The topological polar surface area (TPSA) is 44.4 Å². The van der Waals surface area contributed by atoms with Crippen LogP contribution in [0.2, 0.25) is 5.02 Å². The highest BCUT2D eigenvalue weighted by molar-refractivity contribution is 6.30. The fourth-order valence-electron chi connectivity index (χ4n) is 2.16. The molecule has 1 aliphatic rings. The number of piperazine rings is 1. The Morgan fingerprint density at radius 1 is 1.47 bits per heavy atom. The van der Waals surface area contributed by atoms with Crippen molar-refractivity contribution in [1.82, 2.24) is 15.5 Å². The molecule has 1 aromatic carbocycles. The number of carbonyl (C=O) groups is 1. The van der Waals surface area contributed by atoms with E-state index in [1.807, 2.05) is 24.3 Å². The first-order valence-corrected chi connectivity index (χ1v) is 6.99. The van der Waals surface area contributed by atoms with E-state index in [0.717, 1.165) is 25.2 Å². The van der Waals surface area contributed by atoms with Crippen LogP contribution in [-0.4, -0.2) is 43.0 Å². The summed E-state index contributed by atoms with van der Waals surface area (Å²) in [7, 11) is 0. The van der Waals surface area contributed by atoms with Crippen LogP contribution in [0.4, 0.5) is 0 Å². The van der Waals surface area contributed by atoms with Gasteiger partial charge in [-0.1, -0.05) is 23.7 Å². The summed E-state index contributed by atoms with van der Waals surface area (Å²) in [6.07, 6.45) is 0. The fraction of sp³-hybridized carbons (Fsp3) is 0.500. The van der Waals surface area contributed by atoms with Crippen molar-refractivity contribution in [1.29, 1.82) is 0 Å². The van der Waals surface area contributed by atoms with Crippen LogP contribution in [0.1, 0.15) is 12.5 Å². The second kappa shape index (κ2) is 6.89. The SMILES string of the molecule is C[C@@H]1CNCCN1CC(=O)NCc1ccc(Cl)cc1. The lowest BCUT2D eigenvalue weighted by atomic mass is 10.2. The average molecular weight is 282 g/mol. The Kier molecular flexibility index (Phi) is 5.19. The van der Waals surface area contributed by atoms with Gasteiger partial charge >= 0.3 is 0 Å². The van der Waals surface area contributed by atoms with Gasteiger partial charge in [0, 0.05) is 37.2 Å². The molecule has 0 aromatic heterocycles. The van der Waals surface area contributed by atoms with E-state index < -0.39 is 0 Å². The van der Waals surface area contributed by atoms with Crippen LogP contribution < -0.4 is 10.6 Å². The lowest BCUT2D eigenvalue weighted by Crippen LogP contribution is -2.52. The summed E-state index contributed by atoms with van der Waals surface area (Å²) >= 11 is 5.82. The molecular formula is C14H20ClN3O. The molecule has 1 amide bonds. The second-order valence-corrected chi connectivity index (χ2v) is 5.36. The first kappa shape index (κ1) is 14.3. The monoisotopic (exact) mass is 281 g/mol. The number of hydrogen-bond donors (Lipinski definition) is 2. The summed E-state index contributed by atoms with van der Waals surface area (Å²) in [4.78, 5) is 14.1. The van der Waals surface area contributed by atoms with Gasteiger partial charge in [-0.2, -0.15) is 0 Å². The van der Waals surface area contributed by atoms with Gasteiger partial charge < -0.3 is 10.6 Å². The summed E-state index contributed by atoms with van der Waals surface area (Å²) in [5.74, 6) is 0.0729. The molecule has 1 fully saturated rings. The predicted molar refractivity (Wildman–Crippen MR) is 77.2 cm³/mol. The standard InChI is InChI=1S/C14H20ClN3O/c1-11-8-16-6-7-18(11)10-14(19)17-9-12-2-4-13(15)5-3-12/h2-5,11,16H,6-10H2,1H3,(H,17,19)/t11-/m1/s1. The molecule has 2 rings (SSSR count). The Hall–Kier alpha value is -1.10. The fourth-order valence-corrected chi connectivity index (χ4v) is 2.29. The summed E-state index contributed by atoms with van der Waals surface area (Å²) in [6, 6.07) is 7.93. The highest BCUT2D eigenvalue weighted by atomic mass is 35.5. The van der Waals surface area contributed by atoms with Crippen molar-refractivity contribution in [2.45, 2.75) is 19.5 Å². The van der Waals surface area contributed by atoms with Crippen LogP contribution in [-0.2, 0) is 11.3 Å². The van der Waals surface area contributed by atoms with E-state index in [1.165, 1.54) is 0 Å². The summed E-state index contributed by atoms with van der Waals surface area (Å²) < 4.78 is 0. The maximum absolute atomic E-state index is 11.9. The molecule has 0 radical (unpaired) electrons. The molecule has 0 saturated carbocycles. The van der Waals surface area contributed by atoms with Gasteiger partial charge in [0.25, 0.3) is 0 Å². The summed E-state index contributed by atoms with van der Waals surface area (Å²) in [6.45, 7) is 5.99. The molecular weight excluding hydrogens is 262 g/mol. The summed E-state index contributed by atoms with van der Waals surface area (Å²) in [5.41, 5.74) is 1.06. The molecule has 1 aliphatic heterocycles. The Morgan fingerprint density at radius 2 is 2.21 bits per heavy atom. The zero-order valence-corrected chi connectivity index (χ0v) is 11.9. The van der Waals surface area contributed by atoms with Gasteiger partial charge in [0.05, 0.1) is 6.54 Å². The van der Waals surface area contributed by atoms with Crippen molar-refractivity contribution in [3.05, 3.63) is 34.9 Å². The van der Waals surface area contributed by atoms with E-state index in [1.54, 1.807) is 0 Å². The molecule has 0 aliphatic carbocycles. The Morgan fingerprint density at radius 3 is 2.89 bits per heavy atom. The first-order chi connectivity index (χ1) is 9.15. The van der Waals surface area contributed by atoms with Gasteiger partial charge in [0.15, 0.2) is 0 Å². The van der Waals surface area contributed by atoms with Crippen LogP contribution in [0.5, 0.6) is 0 Å². The number of halogens is 1. The van der Waals surface area contributed by atoms with E-state index in [9.17, 15) is 4.79 Å². The van der Waals surface area contributed by atoms with Crippen LogP contribution in [0, 0.1) is 0 Å². The molecule has 1 heterocycles. The second-order valence-electron chi connectivity index (χ2n) is 4.93. The average Bonchev–Trinajstić information content (AvgIpc) is 2.41. The molecule has 0 spiro atoms. The lowest BCUT2D eigenvalue weighted by molar-refractivity contribution is -0.123. The Bertz CT molecular complexity index is 421. The predicted octanol–water partition coefficient (Wildman–Crippen LogP) is 1.25. The third-order valence-electron chi connectivity index (χ3n) is 3.39. The van der Waals surface area contributed by atoms with Crippen LogP contribution in [0.15, 0.2) is 24.3 Å². The molecule has 1 aromatic rings. The van der Waals surface area contributed by atoms with E-state index >= 15 is 0 Å². The minimum Gasteiger partial charge on any atom is -0.351 e. The number of nitrogens with zero attached hydrogens (tertiary/aromatic N) is 1. The number of hydrogen-bond acceptors (Lipinski definition) is 3. The quantitative estimate of drug-likeness (QED) is 0.873. The third-order valence-corrected chi connectivity index (χ3v) is 3.64. The molecule has 5 heteroatoms. The third kappa shape index (κ3) is 4.49. The van der Waals surface area contributed by atoms with Crippen molar-refractivity contribution in [2.75, 3.05) is 26.2 Å². The highest BCUT2D eigenvalue weighted by Crippen LogP contribution is 2.09. The highest BCUT2D eigenvalue weighted by Gasteiger charge is 2.19. The molecule has 19 heavy (non-hydrogen) atoms.